The molecule has 11 heteroatoms. The van der Waals surface area contributed by atoms with E-state index >= 15 is 0 Å². The highest BCUT2D eigenvalue weighted by Gasteiger charge is 2.31. The molecular weight excluding hydrogens is 489 g/mol. The van der Waals surface area contributed by atoms with Gasteiger partial charge in [-0.15, -0.1) is 0 Å². The Morgan fingerprint density at radius 3 is 2.36 bits per heavy atom. The highest BCUT2D eigenvalue weighted by atomic mass is 35.5. The average Bonchev–Trinajstić information content (AvgIpc) is 2.74. The maximum atomic E-state index is 13.4. The first-order chi connectivity index (χ1) is 15.4. The lowest BCUT2D eigenvalue weighted by Crippen LogP contribution is -2.50. The standard InChI is InChI=1S/C22H27Cl2N3O5S/c1-14-6-9-20(32-4)19(10-14)27(33(5,30)31)13-21(28)26(15(2)22(29)25-3)12-16-7-8-17(23)11-18(16)24/h6-11,15H,12-13H2,1-5H3,(H,25,29). The van der Waals surface area contributed by atoms with Gasteiger partial charge < -0.3 is 15.0 Å². The third-order valence-corrected chi connectivity index (χ3v) is 6.77. The molecule has 33 heavy (non-hydrogen) atoms. The zero-order chi connectivity index (χ0) is 24.9. The summed E-state index contributed by atoms with van der Waals surface area (Å²) in [6.07, 6.45) is 1.00. The van der Waals surface area contributed by atoms with Crippen molar-refractivity contribution in [2.75, 3.05) is 31.3 Å². The summed E-state index contributed by atoms with van der Waals surface area (Å²) in [6, 6.07) is 8.94. The van der Waals surface area contributed by atoms with Gasteiger partial charge in [-0.05, 0) is 49.2 Å². The first-order valence-electron chi connectivity index (χ1n) is 9.96. The van der Waals surface area contributed by atoms with E-state index in [2.05, 4.69) is 5.32 Å². The first kappa shape index (κ1) is 26.8. The smallest absolute Gasteiger partial charge is 0.244 e. The van der Waals surface area contributed by atoms with E-state index in [-0.39, 0.29) is 12.2 Å². The van der Waals surface area contributed by atoms with Crippen LogP contribution in [0.1, 0.15) is 18.1 Å². The molecule has 1 atom stereocenters. The number of halogens is 2. The van der Waals surface area contributed by atoms with Gasteiger partial charge in [-0.1, -0.05) is 35.3 Å². The Bertz CT molecular complexity index is 1140. The van der Waals surface area contributed by atoms with Gasteiger partial charge in [0.15, 0.2) is 0 Å². The van der Waals surface area contributed by atoms with E-state index in [0.29, 0.717) is 21.4 Å². The minimum absolute atomic E-state index is 0.0218. The SMILES string of the molecule is CNC(=O)C(C)N(Cc1ccc(Cl)cc1Cl)C(=O)CN(c1cc(C)ccc1OC)S(C)(=O)=O. The van der Waals surface area contributed by atoms with Crippen LogP contribution in [0.2, 0.25) is 10.0 Å². The van der Waals surface area contributed by atoms with Crippen LogP contribution >= 0.6 is 23.2 Å². The molecule has 1 N–H and O–H groups in total. The third kappa shape index (κ3) is 6.75. The van der Waals surface area contributed by atoms with Crippen molar-refractivity contribution in [1.82, 2.24) is 10.2 Å². The molecule has 2 amide bonds. The number of carbonyl (C=O) groups excluding carboxylic acids is 2. The Morgan fingerprint density at radius 2 is 1.82 bits per heavy atom. The lowest BCUT2D eigenvalue weighted by Gasteiger charge is -2.31. The highest BCUT2D eigenvalue weighted by Crippen LogP contribution is 2.31. The van der Waals surface area contributed by atoms with Gasteiger partial charge in [0.05, 0.1) is 19.1 Å². The van der Waals surface area contributed by atoms with Crippen molar-refractivity contribution in [1.29, 1.82) is 0 Å². The monoisotopic (exact) mass is 515 g/mol. The van der Waals surface area contributed by atoms with Crippen LogP contribution in [0.4, 0.5) is 5.69 Å². The maximum Gasteiger partial charge on any atom is 0.244 e. The van der Waals surface area contributed by atoms with Gasteiger partial charge in [-0.25, -0.2) is 8.42 Å². The summed E-state index contributed by atoms with van der Waals surface area (Å²) in [4.78, 5) is 27.1. The van der Waals surface area contributed by atoms with E-state index in [4.69, 9.17) is 27.9 Å². The van der Waals surface area contributed by atoms with Crippen LogP contribution in [-0.4, -0.2) is 58.1 Å². The third-order valence-electron chi connectivity index (χ3n) is 5.05. The number of methoxy groups -OCH3 is 1. The Morgan fingerprint density at radius 1 is 1.15 bits per heavy atom. The van der Waals surface area contributed by atoms with E-state index in [9.17, 15) is 18.0 Å². The van der Waals surface area contributed by atoms with Crippen molar-refractivity contribution in [2.24, 2.45) is 0 Å². The maximum absolute atomic E-state index is 13.4. The normalized spacial score (nSPS) is 12.1. The summed E-state index contributed by atoms with van der Waals surface area (Å²) >= 11 is 12.2. The number of ether oxygens (including phenoxy) is 1. The van der Waals surface area contributed by atoms with E-state index < -0.39 is 34.4 Å². The van der Waals surface area contributed by atoms with E-state index in [1.807, 2.05) is 0 Å². The van der Waals surface area contributed by atoms with E-state index in [0.717, 1.165) is 16.1 Å². The van der Waals surface area contributed by atoms with Gasteiger partial charge >= 0.3 is 0 Å². The summed E-state index contributed by atoms with van der Waals surface area (Å²) in [6.45, 7) is 2.80. The van der Waals surface area contributed by atoms with Crippen LogP contribution in [-0.2, 0) is 26.2 Å². The number of hydrogen-bond donors (Lipinski definition) is 1. The molecule has 0 spiro atoms. The number of hydrogen-bond acceptors (Lipinski definition) is 5. The molecular formula is C22H27Cl2N3O5S. The number of nitrogens with zero attached hydrogens (tertiary/aromatic N) is 2. The summed E-state index contributed by atoms with van der Waals surface area (Å²) in [5.41, 5.74) is 1.57. The van der Waals surface area contributed by atoms with Crippen molar-refractivity contribution < 1.29 is 22.7 Å². The molecule has 2 aromatic rings. The van der Waals surface area contributed by atoms with Gasteiger partial charge in [-0.2, -0.15) is 0 Å². The lowest BCUT2D eigenvalue weighted by molar-refractivity contribution is -0.139. The van der Waals surface area contributed by atoms with Crippen LogP contribution in [0.15, 0.2) is 36.4 Å². The summed E-state index contributed by atoms with van der Waals surface area (Å²) < 4.78 is 31.6. The average molecular weight is 516 g/mol. The van der Waals surface area contributed by atoms with Crippen molar-refractivity contribution >= 4 is 50.7 Å². The number of sulfonamides is 1. The predicted molar refractivity (Wildman–Crippen MR) is 130 cm³/mol. The fourth-order valence-corrected chi connectivity index (χ4v) is 4.53. The lowest BCUT2D eigenvalue weighted by atomic mass is 10.1. The predicted octanol–water partition coefficient (Wildman–Crippen LogP) is 3.24. The van der Waals surface area contributed by atoms with Gasteiger partial charge in [0, 0.05) is 23.6 Å². The number of amides is 2. The molecule has 1 unspecified atom stereocenters. The van der Waals surface area contributed by atoms with E-state index in [1.54, 1.807) is 44.2 Å². The highest BCUT2D eigenvalue weighted by molar-refractivity contribution is 7.92. The molecule has 0 saturated heterocycles. The van der Waals surface area contributed by atoms with Crippen LogP contribution in [0.3, 0.4) is 0 Å². The molecule has 0 bridgehead atoms. The number of rotatable bonds is 9. The molecule has 2 aromatic carbocycles. The van der Waals surface area contributed by atoms with Crippen LogP contribution in [0.25, 0.3) is 0 Å². The molecule has 2 rings (SSSR count). The zero-order valence-corrected chi connectivity index (χ0v) is 21.4. The first-order valence-corrected chi connectivity index (χ1v) is 12.6. The van der Waals surface area contributed by atoms with Gasteiger partial charge in [-0.3, -0.25) is 13.9 Å². The summed E-state index contributed by atoms with van der Waals surface area (Å²) in [7, 11) is -1.00. The fourth-order valence-electron chi connectivity index (χ4n) is 3.21. The number of nitrogens with one attached hydrogen (secondary N) is 1. The second-order valence-corrected chi connectivity index (χ2v) is 10.2. The second kappa shape index (κ2) is 11.1. The number of aryl methyl sites for hydroxylation is 1. The largest absolute Gasteiger partial charge is 0.495 e. The van der Waals surface area contributed by atoms with Crippen molar-refractivity contribution in [3.05, 3.63) is 57.6 Å². The second-order valence-electron chi connectivity index (χ2n) is 7.49. The topological polar surface area (TPSA) is 96.0 Å². The molecule has 0 aromatic heterocycles. The Hall–Kier alpha value is -2.49. The Kier molecular flexibility index (Phi) is 8.99. The van der Waals surface area contributed by atoms with Crippen LogP contribution < -0.4 is 14.4 Å². The minimum atomic E-state index is -3.87. The molecule has 180 valence electrons. The molecule has 0 aliphatic heterocycles. The van der Waals surface area contributed by atoms with Crippen molar-refractivity contribution in [2.45, 2.75) is 26.4 Å². The molecule has 0 fully saturated rings. The van der Waals surface area contributed by atoms with Crippen molar-refractivity contribution in [3.63, 3.8) is 0 Å². The number of carbonyl (C=O) groups is 2. The summed E-state index contributed by atoms with van der Waals surface area (Å²) in [5, 5.41) is 3.26. The van der Waals surface area contributed by atoms with Gasteiger partial charge in [0.2, 0.25) is 21.8 Å². The summed E-state index contributed by atoms with van der Waals surface area (Å²) in [5.74, 6) is -0.705. The van der Waals surface area contributed by atoms with Gasteiger partial charge in [0.25, 0.3) is 0 Å². The minimum Gasteiger partial charge on any atom is -0.495 e. The molecule has 0 saturated carbocycles. The van der Waals surface area contributed by atoms with Crippen LogP contribution in [0, 0.1) is 6.92 Å². The molecule has 0 heterocycles. The number of likely N-dealkylation sites (N-methyl/N-ethyl adjacent to an activating group) is 1. The molecule has 0 aliphatic carbocycles. The molecule has 8 nitrogen and oxygen atoms in total. The van der Waals surface area contributed by atoms with E-state index in [1.165, 1.54) is 25.1 Å². The van der Waals surface area contributed by atoms with Gasteiger partial charge in [0.1, 0.15) is 18.3 Å². The quantitative estimate of drug-likeness (QED) is 0.552. The Balaban J connectivity index is 2.49. The zero-order valence-electron chi connectivity index (χ0n) is 19.1. The van der Waals surface area contributed by atoms with Crippen molar-refractivity contribution in [3.8, 4) is 5.75 Å². The fraction of sp³-hybridized carbons (Fsp3) is 0.364. The number of benzene rings is 2. The van der Waals surface area contributed by atoms with Crippen LogP contribution in [0.5, 0.6) is 5.75 Å². The molecule has 0 aliphatic rings. The molecule has 0 radical (unpaired) electrons. The number of anilines is 1. The Labute approximate surface area is 204 Å².